The fourth-order valence-electron chi connectivity index (χ4n) is 1.30. The molecule has 78 valence electrons. The van der Waals surface area contributed by atoms with Crippen molar-refractivity contribution in [2.75, 3.05) is 0 Å². The van der Waals surface area contributed by atoms with Crippen molar-refractivity contribution in [1.82, 2.24) is 0 Å². The first-order valence-corrected chi connectivity index (χ1v) is 4.71. The topological polar surface area (TPSA) is 46.2 Å². The lowest BCUT2D eigenvalue weighted by Crippen LogP contribution is -2.30. The number of aliphatic hydroxyl groups is 1. The van der Waals surface area contributed by atoms with Crippen LogP contribution >= 0.6 is 0 Å². The highest BCUT2D eigenvalue weighted by molar-refractivity contribution is 5.20. The zero-order chi connectivity index (χ0) is 10.7. The Bertz CT molecular complexity index is 284. The van der Waals surface area contributed by atoms with Crippen LogP contribution in [-0.4, -0.2) is 11.2 Å². The maximum atomic E-state index is 12.6. The van der Waals surface area contributed by atoms with Crippen LogP contribution in [0.25, 0.3) is 0 Å². The van der Waals surface area contributed by atoms with Crippen LogP contribution in [0.15, 0.2) is 24.3 Å². The van der Waals surface area contributed by atoms with Crippen molar-refractivity contribution in [3.8, 4) is 0 Å². The first-order valence-electron chi connectivity index (χ1n) is 4.71. The Hall–Kier alpha value is -0.930. The Morgan fingerprint density at radius 2 is 1.71 bits per heavy atom. The van der Waals surface area contributed by atoms with Gasteiger partial charge < -0.3 is 10.8 Å². The summed E-state index contributed by atoms with van der Waals surface area (Å²) in [4.78, 5) is 0. The Kier molecular flexibility index (Phi) is 3.61. The molecule has 0 fully saturated rings. The van der Waals surface area contributed by atoms with Crippen LogP contribution in [-0.2, 0) is 0 Å². The van der Waals surface area contributed by atoms with Gasteiger partial charge in [-0.15, -0.1) is 0 Å². The van der Waals surface area contributed by atoms with Gasteiger partial charge in [-0.2, -0.15) is 0 Å². The van der Waals surface area contributed by atoms with E-state index in [-0.39, 0.29) is 11.7 Å². The minimum atomic E-state index is -0.597. The van der Waals surface area contributed by atoms with E-state index in [9.17, 15) is 9.50 Å². The highest BCUT2D eigenvalue weighted by atomic mass is 19.1. The minimum Gasteiger partial charge on any atom is -0.391 e. The summed E-state index contributed by atoms with van der Waals surface area (Å²) >= 11 is 0. The Balaban J connectivity index is 2.78. The van der Waals surface area contributed by atoms with Gasteiger partial charge >= 0.3 is 0 Å². The van der Waals surface area contributed by atoms with E-state index < -0.39 is 12.1 Å². The van der Waals surface area contributed by atoms with E-state index in [0.717, 1.165) is 5.56 Å². The molecule has 0 unspecified atom stereocenters. The van der Waals surface area contributed by atoms with Crippen LogP contribution in [0.4, 0.5) is 4.39 Å². The van der Waals surface area contributed by atoms with Gasteiger partial charge in [0, 0.05) is 0 Å². The lowest BCUT2D eigenvalue weighted by molar-refractivity contribution is 0.0979. The van der Waals surface area contributed by atoms with Gasteiger partial charge in [-0.05, 0) is 23.6 Å². The molecule has 3 N–H and O–H groups in total. The zero-order valence-electron chi connectivity index (χ0n) is 8.44. The summed E-state index contributed by atoms with van der Waals surface area (Å²) in [5.41, 5.74) is 6.57. The molecule has 0 bridgehead atoms. The monoisotopic (exact) mass is 197 g/mol. The molecule has 0 spiro atoms. The summed E-state index contributed by atoms with van der Waals surface area (Å²) in [6, 6.07) is 5.46. The van der Waals surface area contributed by atoms with Crippen molar-refractivity contribution in [1.29, 1.82) is 0 Å². The number of halogens is 1. The smallest absolute Gasteiger partial charge is 0.123 e. The van der Waals surface area contributed by atoms with Gasteiger partial charge in [0.15, 0.2) is 0 Å². The summed E-state index contributed by atoms with van der Waals surface area (Å²) in [6.07, 6.45) is -0.597. The minimum absolute atomic E-state index is 0.0926. The average molecular weight is 197 g/mol. The van der Waals surface area contributed by atoms with Gasteiger partial charge in [-0.1, -0.05) is 26.0 Å². The van der Waals surface area contributed by atoms with Crippen molar-refractivity contribution in [2.24, 2.45) is 11.7 Å². The molecule has 0 aromatic heterocycles. The number of hydrogen-bond acceptors (Lipinski definition) is 2. The number of aliphatic hydroxyl groups excluding tert-OH is 1. The summed E-state index contributed by atoms with van der Waals surface area (Å²) in [5, 5.41) is 9.70. The summed E-state index contributed by atoms with van der Waals surface area (Å²) in [5.74, 6) is -0.199. The lowest BCUT2D eigenvalue weighted by atomic mass is 9.94. The molecule has 1 aromatic rings. The third-order valence-electron chi connectivity index (χ3n) is 2.31. The van der Waals surface area contributed by atoms with Crippen LogP contribution in [0, 0.1) is 11.7 Å². The molecule has 3 heteroatoms. The van der Waals surface area contributed by atoms with Crippen molar-refractivity contribution in [3.05, 3.63) is 35.6 Å². The van der Waals surface area contributed by atoms with Crippen LogP contribution < -0.4 is 5.73 Å². The SMILES string of the molecule is CC(C)[C@@H](O)[C@@H](N)c1ccc(F)cc1. The van der Waals surface area contributed by atoms with Crippen molar-refractivity contribution < 1.29 is 9.50 Å². The average Bonchev–Trinajstić information content (AvgIpc) is 2.16. The molecule has 2 atom stereocenters. The van der Waals surface area contributed by atoms with E-state index >= 15 is 0 Å². The first-order chi connectivity index (χ1) is 6.52. The van der Waals surface area contributed by atoms with E-state index in [1.165, 1.54) is 12.1 Å². The zero-order valence-corrected chi connectivity index (χ0v) is 8.44. The summed E-state index contributed by atoms with van der Waals surface area (Å²) in [7, 11) is 0. The van der Waals surface area contributed by atoms with E-state index in [1.54, 1.807) is 12.1 Å². The highest BCUT2D eigenvalue weighted by Gasteiger charge is 2.19. The van der Waals surface area contributed by atoms with Gasteiger partial charge in [0.05, 0.1) is 12.1 Å². The molecular weight excluding hydrogens is 181 g/mol. The predicted octanol–water partition coefficient (Wildman–Crippen LogP) is 1.84. The molecular formula is C11H16FNO. The van der Waals surface area contributed by atoms with Crippen LogP contribution in [0.3, 0.4) is 0 Å². The number of hydrogen-bond donors (Lipinski definition) is 2. The fraction of sp³-hybridized carbons (Fsp3) is 0.455. The second-order valence-corrected chi connectivity index (χ2v) is 3.81. The molecule has 0 amide bonds. The molecule has 0 aliphatic heterocycles. The first kappa shape index (κ1) is 11.1. The number of benzene rings is 1. The quantitative estimate of drug-likeness (QED) is 0.776. The van der Waals surface area contributed by atoms with Crippen molar-refractivity contribution in [2.45, 2.75) is 26.0 Å². The molecule has 0 aliphatic rings. The summed E-state index contributed by atoms with van der Waals surface area (Å²) in [6.45, 7) is 3.79. The third kappa shape index (κ3) is 2.53. The third-order valence-corrected chi connectivity index (χ3v) is 2.31. The molecule has 2 nitrogen and oxygen atoms in total. The molecule has 0 saturated carbocycles. The molecule has 0 saturated heterocycles. The molecule has 0 aliphatic carbocycles. The molecule has 14 heavy (non-hydrogen) atoms. The standard InChI is InChI=1S/C11H16FNO/c1-7(2)11(14)10(13)8-3-5-9(12)6-4-8/h3-7,10-11,14H,13H2,1-2H3/t10-,11+/m0/s1. The normalized spacial score (nSPS) is 15.6. The van der Waals surface area contributed by atoms with Crippen LogP contribution in [0.1, 0.15) is 25.5 Å². The van der Waals surface area contributed by atoms with Gasteiger partial charge in [-0.3, -0.25) is 0 Å². The van der Waals surface area contributed by atoms with Gasteiger partial charge in [-0.25, -0.2) is 4.39 Å². The van der Waals surface area contributed by atoms with Crippen molar-refractivity contribution >= 4 is 0 Å². The second-order valence-electron chi connectivity index (χ2n) is 3.81. The molecule has 0 radical (unpaired) electrons. The molecule has 1 rings (SSSR count). The van der Waals surface area contributed by atoms with E-state index in [0.29, 0.717) is 0 Å². The van der Waals surface area contributed by atoms with E-state index in [1.807, 2.05) is 13.8 Å². The maximum Gasteiger partial charge on any atom is 0.123 e. The van der Waals surface area contributed by atoms with Gasteiger partial charge in [0.1, 0.15) is 5.82 Å². The summed E-state index contributed by atoms with van der Waals surface area (Å²) < 4.78 is 12.6. The molecule has 1 aromatic carbocycles. The van der Waals surface area contributed by atoms with E-state index in [2.05, 4.69) is 0 Å². The largest absolute Gasteiger partial charge is 0.391 e. The molecule has 0 heterocycles. The van der Waals surface area contributed by atoms with E-state index in [4.69, 9.17) is 5.73 Å². The maximum absolute atomic E-state index is 12.6. The van der Waals surface area contributed by atoms with Crippen LogP contribution in [0.5, 0.6) is 0 Å². The lowest BCUT2D eigenvalue weighted by Gasteiger charge is -2.22. The van der Waals surface area contributed by atoms with Gasteiger partial charge in [0.2, 0.25) is 0 Å². The van der Waals surface area contributed by atoms with Gasteiger partial charge in [0.25, 0.3) is 0 Å². The fourth-order valence-corrected chi connectivity index (χ4v) is 1.30. The van der Waals surface area contributed by atoms with Crippen molar-refractivity contribution in [3.63, 3.8) is 0 Å². The highest BCUT2D eigenvalue weighted by Crippen LogP contribution is 2.19. The van der Waals surface area contributed by atoms with Crippen LogP contribution in [0.2, 0.25) is 0 Å². The Labute approximate surface area is 83.6 Å². The second kappa shape index (κ2) is 4.53. The Morgan fingerprint density at radius 1 is 1.21 bits per heavy atom. The number of nitrogens with two attached hydrogens (primary N) is 1. The predicted molar refractivity (Wildman–Crippen MR) is 54.2 cm³/mol. The number of rotatable bonds is 3. The Morgan fingerprint density at radius 3 is 2.14 bits per heavy atom.